The summed E-state index contributed by atoms with van der Waals surface area (Å²) in [5.74, 6) is -0.453. The van der Waals surface area contributed by atoms with Crippen LogP contribution in [-0.2, 0) is 4.79 Å². The molecular formula is C12H15N5O2S3. The summed E-state index contributed by atoms with van der Waals surface area (Å²) in [7, 11) is 1.75. The molecule has 0 unspecified atom stereocenters. The standard InChI is InChI=1S/C12H15N5O2S3/c1-5-8(10(14-3)22-17-5)9(19)16-12-15-6(2)11(21-12)20-4-7(13)18/h14H,4H2,1-3H3,(H2,13,18)(H,15,16,19). The number of anilines is 2. The van der Waals surface area contributed by atoms with Crippen molar-refractivity contribution in [1.29, 1.82) is 0 Å². The third kappa shape index (κ3) is 3.76. The number of thiazole rings is 1. The van der Waals surface area contributed by atoms with Gasteiger partial charge in [0.25, 0.3) is 5.91 Å². The van der Waals surface area contributed by atoms with E-state index in [0.29, 0.717) is 21.4 Å². The first-order valence-corrected chi connectivity index (χ1v) is 8.83. The Labute approximate surface area is 139 Å². The molecule has 0 radical (unpaired) electrons. The molecule has 0 saturated heterocycles. The third-order valence-corrected chi connectivity index (χ3v) is 6.05. The lowest BCUT2D eigenvalue weighted by molar-refractivity contribution is -0.115. The van der Waals surface area contributed by atoms with Gasteiger partial charge in [-0.1, -0.05) is 11.3 Å². The maximum absolute atomic E-state index is 12.4. The third-order valence-electron chi connectivity index (χ3n) is 2.64. The lowest BCUT2D eigenvalue weighted by atomic mass is 10.2. The summed E-state index contributed by atoms with van der Waals surface area (Å²) in [4.78, 5) is 27.5. The van der Waals surface area contributed by atoms with E-state index >= 15 is 0 Å². The minimum atomic E-state index is -0.387. The first-order chi connectivity index (χ1) is 10.4. The second-order valence-corrected chi connectivity index (χ2v) is 7.34. The molecule has 0 aromatic carbocycles. The molecule has 2 aromatic heterocycles. The second-order valence-electron chi connectivity index (χ2n) is 4.32. The van der Waals surface area contributed by atoms with Crippen molar-refractivity contribution in [1.82, 2.24) is 9.36 Å². The van der Waals surface area contributed by atoms with E-state index in [9.17, 15) is 9.59 Å². The van der Waals surface area contributed by atoms with Gasteiger partial charge < -0.3 is 11.1 Å². The molecule has 2 heterocycles. The highest BCUT2D eigenvalue weighted by atomic mass is 32.2. The lowest BCUT2D eigenvalue weighted by Gasteiger charge is -2.03. The molecule has 7 nitrogen and oxygen atoms in total. The van der Waals surface area contributed by atoms with Crippen LogP contribution in [0.25, 0.3) is 0 Å². The SMILES string of the molecule is CNc1snc(C)c1C(=O)Nc1nc(C)c(SCC(N)=O)s1. The van der Waals surface area contributed by atoms with E-state index in [1.54, 1.807) is 14.0 Å². The number of aromatic nitrogens is 2. The Morgan fingerprint density at radius 3 is 2.68 bits per heavy atom. The molecule has 10 heteroatoms. The number of nitrogens with zero attached hydrogens (tertiary/aromatic N) is 2. The number of nitrogens with two attached hydrogens (primary N) is 1. The molecule has 0 atom stereocenters. The van der Waals surface area contributed by atoms with Crippen LogP contribution >= 0.6 is 34.6 Å². The van der Waals surface area contributed by atoms with Gasteiger partial charge >= 0.3 is 0 Å². The fraction of sp³-hybridized carbons (Fsp3) is 0.333. The normalized spacial score (nSPS) is 10.5. The largest absolute Gasteiger partial charge is 0.378 e. The van der Waals surface area contributed by atoms with Crippen LogP contribution in [0, 0.1) is 13.8 Å². The van der Waals surface area contributed by atoms with Crippen molar-refractivity contribution in [3.8, 4) is 0 Å². The Balaban J connectivity index is 2.13. The first-order valence-electron chi connectivity index (χ1n) is 6.26. The molecule has 22 heavy (non-hydrogen) atoms. The summed E-state index contributed by atoms with van der Waals surface area (Å²) in [6.45, 7) is 3.61. The molecule has 0 aliphatic rings. The number of nitrogens with one attached hydrogen (secondary N) is 2. The van der Waals surface area contributed by atoms with E-state index < -0.39 is 0 Å². The average molecular weight is 357 g/mol. The van der Waals surface area contributed by atoms with Gasteiger partial charge in [-0.2, -0.15) is 4.37 Å². The highest BCUT2D eigenvalue weighted by molar-refractivity contribution is 8.01. The number of carbonyl (C=O) groups is 2. The molecule has 2 amide bonds. The molecule has 118 valence electrons. The number of rotatable bonds is 6. The molecule has 0 aliphatic heterocycles. The van der Waals surface area contributed by atoms with E-state index in [4.69, 9.17) is 5.73 Å². The maximum atomic E-state index is 12.4. The summed E-state index contributed by atoms with van der Waals surface area (Å²) in [5, 5.41) is 6.93. The number of hydrogen-bond acceptors (Lipinski definition) is 8. The Hall–Kier alpha value is -1.65. The monoisotopic (exact) mass is 357 g/mol. The van der Waals surface area contributed by atoms with E-state index in [1.807, 2.05) is 6.92 Å². The van der Waals surface area contributed by atoms with Crippen molar-refractivity contribution < 1.29 is 9.59 Å². The fourth-order valence-corrected chi connectivity index (χ4v) is 4.29. The van der Waals surface area contributed by atoms with Gasteiger partial charge in [-0.25, -0.2) is 4.98 Å². The van der Waals surface area contributed by atoms with Gasteiger partial charge in [0.05, 0.1) is 26.9 Å². The number of amides is 2. The zero-order valence-corrected chi connectivity index (χ0v) is 14.7. The first kappa shape index (κ1) is 16.7. The van der Waals surface area contributed by atoms with Crippen LogP contribution in [0.5, 0.6) is 0 Å². The minimum absolute atomic E-state index is 0.188. The van der Waals surface area contributed by atoms with Crippen LogP contribution in [0.15, 0.2) is 4.21 Å². The Morgan fingerprint density at radius 1 is 1.32 bits per heavy atom. The van der Waals surface area contributed by atoms with E-state index in [2.05, 4.69) is 20.0 Å². The van der Waals surface area contributed by atoms with Crippen LogP contribution in [-0.4, -0.2) is 34.0 Å². The Kier molecular flexibility index (Phi) is 5.37. The van der Waals surface area contributed by atoms with Gasteiger partial charge in [0.15, 0.2) is 5.13 Å². The van der Waals surface area contributed by atoms with Crippen molar-refractivity contribution in [3.63, 3.8) is 0 Å². The number of hydrogen-bond donors (Lipinski definition) is 3. The second kappa shape index (κ2) is 7.07. The van der Waals surface area contributed by atoms with Gasteiger partial charge in [0, 0.05) is 7.05 Å². The van der Waals surface area contributed by atoms with Gasteiger partial charge in [-0.15, -0.1) is 11.8 Å². The highest BCUT2D eigenvalue weighted by Gasteiger charge is 2.19. The minimum Gasteiger partial charge on any atom is -0.378 e. The lowest BCUT2D eigenvalue weighted by Crippen LogP contribution is -2.13. The van der Waals surface area contributed by atoms with E-state index in [0.717, 1.165) is 9.90 Å². The number of aryl methyl sites for hydroxylation is 2. The molecule has 0 saturated carbocycles. The molecular weight excluding hydrogens is 342 g/mol. The summed E-state index contributed by atoms with van der Waals surface area (Å²) >= 11 is 3.88. The number of primary amides is 1. The quantitative estimate of drug-likeness (QED) is 0.683. The molecule has 2 rings (SSSR count). The summed E-state index contributed by atoms with van der Waals surface area (Å²) in [6.07, 6.45) is 0. The highest BCUT2D eigenvalue weighted by Crippen LogP contribution is 2.33. The van der Waals surface area contributed by atoms with Crippen molar-refractivity contribution in [2.45, 2.75) is 18.1 Å². The molecule has 2 aromatic rings. The predicted molar refractivity (Wildman–Crippen MR) is 91.1 cm³/mol. The van der Waals surface area contributed by atoms with Crippen molar-refractivity contribution in [3.05, 3.63) is 17.0 Å². The smallest absolute Gasteiger partial charge is 0.262 e. The fourth-order valence-electron chi connectivity index (χ4n) is 1.67. The van der Waals surface area contributed by atoms with Crippen molar-refractivity contribution in [2.75, 3.05) is 23.4 Å². The summed E-state index contributed by atoms with van der Waals surface area (Å²) < 4.78 is 5.03. The molecule has 0 bridgehead atoms. The summed E-state index contributed by atoms with van der Waals surface area (Å²) in [5.41, 5.74) is 7.09. The number of carbonyl (C=O) groups excluding carboxylic acids is 2. The van der Waals surface area contributed by atoms with Crippen LogP contribution in [0.2, 0.25) is 0 Å². The van der Waals surface area contributed by atoms with Crippen molar-refractivity contribution in [2.24, 2.45) is 5.73 Å². The van der Waals surface area contributed by atoms with Crippen LogP contribution in [0.1, 0.15) is 21.7 Å². The molecule has 4 N–H and O–H groups in total. The van der Waals surface area contributed by atoms with Crippen LogP contribution < -0.4 is 16.4 Å². The predicted octanol–water partition coefficient (Wildman–Crippen LogP) is 2.09. The Bertz CT molecular complexity index is 710. The van der Waals surface area contributed by atoms with Gasteiger partial charge in [0.1, 0.15) is 5.00 Å². The van der Waals surface area contributed by atoms with Crippen LogP contribution in [0.4, 0.5) is 10.1 Å². The zero-order valence-electron chi connectivity index (χ0n) is 12.2. The molecule has 0 aliphatic carbocycles. The summed E-state index contributed by atoms with van der Waals surface area (Å²) in [6, 6.07) is 0. The van der Waals surface area contributed by atoms with Gasteiger partial charge in [-0.3, -0.25) is 14.9 Å². The number of thioether (sulfide) groups is 1. The van der Waals surface area contributed by atoms with Gasteiger partial charge in [-0.05, 0) is 25.4 Å². The molecule has 0 spiro atoms. The zero-order chi connectivity index (χ0) is 16.3. The van der Waals surface area contributed by atoms with Crippen LogP contribution in [0.3, 0.4) is 0 Å². The van der Waals surface area contributed by atoms with Gasteiger partial charge in [0.2, 0.25) is 5.91 Å². The topological polar surface area (TPSA) is 110 Å². The van der Waals surface area contributed by atoms with E-state index in [1.165, 1.54) is 34.6 Å². The average Bonchev–Trinajstić information content (AvgIpc) is 2.99. The van der Waals surface area contributed by atoms with Crippen molar-refractivity contribution >= 4 is 56.6 Å². The maximum Gasteiger partial charge on any atom is 0.262 e. The molecule has 0 fully saturated rings. The van der Waals surface area contributed by atoms with E-state index in [-0.39, 0.29) is 17.6 Å². The Morgan fingerprint density at radius 2 is 2.05 bits per heavy atom.